The molecule has 1 amide bonds. The van der Waals surface area contributed by atoms with E-state index in [0.717, 1.165) is 0 Å². The van der Waals surface area contributed by atoms with Crippen LogP contribution in [-0.4, -0.2) is 55.1 Å². The van der Waals surface area contributed by atoms with Gasteiger partial charge in [0.15, 0.2) is 0 Å². The largest absolute Gasteiger partial charge is 0.393 e. The van der Waals surface area contributed by atoms with E-state index in [1.165, 1.54) is 17.0 Å². The molecule has 1 aromatic carbocycles. The van der Waals surface area contributed by atoms with Crippen LogP contribution >= 0.6 is 0 Å². The Morgan fingerprint density at radius 1 is 1.45 bits per heavy atom. The molecule has 1 atom stereocenters. The van der Waals surface area contributed by atoms with Crippen molar-refractivity contribution in [1.29, 1.82) is 0 Å². The van der Waals surface area contributed by atoms with Gasteiger partial charge in [-0.15, -0.1) is 0 Å². The van der Waals surface area contributed by atoms with Crippen LogP contribution in [0.1, 0.15) is 6.92 Å². The zero-order chi connectivity index (χ0) is 16.3. The summed E-state index contributed by atoms with van der Waals surface area (Å²) in [5.74, 6) is -0.124. The van der Waals surface area contributed by atoms with E-state index >= 15 is 0 Å². The Bertz CT molecular complexity index is 572. The van der Waals surface area contributed by atoms with Gasteiger partial charge in [0.1, 0.15) is 5.69 Å². The van der Waals surface area contributed by atoms with E-state index in [1.54, 1.807) is 13.1 Å². The average Bonchev–Trinajstić information content (AvgIpc) is 2.53. The van der Waals surface area contributed by atoms with Crippen LogP contribution in [-0.2, 0) is 9.53 Å². The molecule has 0 bridgehead atoms. The van der Waals surface area contributed by atoms with Gasteiger partial charge in [-0.1, -0.05) is 0 Å². The first-order chi connectivity index (χ1) is 10.4. The summed E-state index contributed by atoms with van der Waals surface area (Å²) in [6.07, 6.45) is 0. The lowest BCUT2D eigenvalue weighted by Crippen LogP contribution is -2.50. The predicted molar refractivity (Wildman–Crippen MR) is 82.8 cm³/mol. The minimum atomic E-state index is -0.553. The number of morpholine rings is 1. The third-order valence-corrected chi connectivity index (χ3v) is 3.88. The van der Waals surface area contributed by atoms with Crippen molar-refractivity contribution in [3.8, 4) is 0 Å². The van der Waals surface area contributed by atoms with E-state index in [9.17, 15) is 14.9 Å². The van der Waals surface area contributed by atoms with Crippen LogP contribution < -0.4 is 10.6 Å². The second-order valence-electron chi connectivity index (χ2n) is 5.22. The third-order valence-electron chi connectivity index (χ3n) is 3.88. The van der Waals surface area contributed by atoms with Crippen molar-refractivity contribution >= 4 is 23.0 Å². The number of nitrogens with zero attached hydrogens (tertiary/aromatic N) is 3. The van der Waals surface area contributed by atoms with Gasteiger partial charge in [0, 0.05) is 26.2 Å². The van der Waals surface area contributed by atoms with Crippen molar-refractivity contribution in [2.45, 2.75) is 13.0 Å². The normalized spacial score (nSPS) is 17.0. The highest BCUT2D eigenvalue weighted by molar-refractivity contribution is 5.97. The molecular weight excluding hydrogens is 288 g/mol. The summed E-state index contributed by atoms with van der Waals surface area (Å²) in [7, 11) is 1.61. The highest BCUT2D eigenvalue weighted by Crippen LogP contribution is 2.27. The Morgan fingerprint density at radius 2 is 2.09 bits per heavy atom. The Morgan fingerprint density at radius 3 is 2.68 bits per heavy atom. The Balaban J connectivity index is 2.16. The van der Waals surface area contributed by atoms with E-state index in [-0.39, 0.29) is 23.3 Å². The number of nitro groups is 1. The SMILES string of the molecule is CC(C(=O)N(C)c1ccc(N)c([N+](=O)[O-])c1)N1CCOCC1. The lowest BCUT2D eigenvalue weighted by molar-refractivity contribution is -0.383. The molecule has 2 rings (SSSR count). The first-order valence-electron chi connectivity index (χ1n) is 7.05. The fourth-order valence-electron chi connectivity index (χ4n) is 2.43. The molecule has 1 aliphatic heterocycles. The summed E-state index contributed by atoms with van der Waals surface area (Å²) < 4.78 is 5.27. The summed E-state index contributed by atoms with van der Waals surface area (Å²) in [5.41, 5.74) is 5.91. The number of benzene rings is 1. The third kappa shape index (κ3) is 3.34. The molecule has 1 aromatic rings. The number of nitrogen functional groups attached to an aromatic ring is 1. The summed E-state index contributed by atoms with van der Waals surface area (Å²) in [6.45, 7) is 4.44. The topological polar surface area (TPSA) is 102 Å². The molecule has 0 aromatic heterocycles. The number of ether oxygens (including phenoxy) is 1. The summed E-state index contributed by atoms with van der Waals surface area (Å²) in [4.78, 5) is 26.4. The molecule has 0 aliphatic carbocycles. The number of carbonyl (C=O) groups is 1. The maximum Gasteiger partial charge on any atom is 0.294 e. The zero-order valence-corrected chi connectivity index (χ0v) is 12.7. The zero-order valence-electron chi connectivity index (χ0n) is 12.7. The van der Waals surface area contributed by atoms with Crippen molar-refractivity contribution in [3.63, 3.8) is 0 Å². The number of nitrogens with two attached hydrogens (primary N) is 1. The molecule has 1 unspecified atom stereocenters. The lowest BCUT2D eigenvalue weighted by Gasteiger charge is -2.33. The molecule has 1 fully saturated rings. The number of nitro benzene ring substituents is 1. The second kappa shape index (κ2) is 6.71. The number of rotatable bonds is 4. The first-order valence-corrected chi connectivity index (χ1v) is 7.05. The molecule has 8 heteroatoms. The second-order valence-corrected chi connectivity index (χ2v) is 5.22. The van der Waals surface area contributed by atoms with Crippen LogP contribution in [0, 0.1) is 10.1 Å². The van der Waals surface area contributed by atoms with Gasteiger partial charge in [-0.3, -0.25) is 19.8 Å². The molecule has 1 aliphatic rings. The van der Waals surface area contributed by atoms with Crippen molar-refractivity contribution in [2.75, 3.05) is 44.0 Å². The molecule has 120 valence electrons. The van der Waals surface area contributed by atoms with Crippen LogP contribution in [0.5, 0.6) is 0 Å². The Kier molecular flexibility index (Phi) is 4.94. The number of amides is 1. The highest BCUT2D eigenvalue weighted by atomic mass is 16.6. The van der Waals surface area contributed by atoms with Gasteiger partial charge in [-0.25, -0.2) is 0 Å². The quantitative estimate of drug-likeness (QED) is 0.503. The Labute approximate surface area is 128 Å². The lowest BCUT2D eigenvalue weighted by atomic mass is 10.2. The number of hydrogen-bond acceptors (Lipinski definition) is 6. The van der Waals surface area contributed by atoms with Crippen molar-refractivity contribution in [2.24, 2.45) is 0 Å². The van der Waals surface area contributed by atoms with Gasteiger partial charge < -0.3 is 15.4 Å². The molecule has 0 radical (unpaired) electrons. The van der Waals surface area contributed by atoms with Gasteiger partial charge in [-0.05, 0) is 19.1 Å². The summed E-state index contributed by atoms with van der Waals surface area (Å²) in [6, 6.07) is 4.05. The number of likely N-dealkylation sites (N-methyl/N-ethyl adjacent to an activating group) is 1. The van der Waals surface area contributed by atoms with Gasteiger partial charge >= 0.3 is 0 Å². The van der Waals surface area contributed by atoms with E-state index in [4.69, 9.17) is 10.5 Å². The molecule has 8 nitrogen and oxygen atoms in total. The van der Waals surface area contributed by atoms with E-state index < -0.39 is 4.92 Å². The first kappa shape index (κ1) is 16.2. The van der Waals surface area contributed by atoms with Gasteiger partial charge in [-0.2, -0.15) is 0 Å². The number of hydrogen-bond donors (Lipinski definition) is 1. The molecule has 0 spiro atoms. The minimum Gasteiger partial charge on any atom is -0.393 e. The van der Waals surface area contributed by atoms with Crippen LogP contribution in [0.4, 0.5) is 17.1 Å². The maximum absolute atomic E-state index is 12.6. The van der Waals surface area contributed by atoms with Crippen LogP contribution in [0.25, 0.3) is 0 Å². The minimum absolute atomic E-state index is 0.0795. The molecule has 2 N–H and O–H groups in total. The predicted octanol–water partition coefficient (Wildman–Crippen LogP) is 0.860. The van der Waals surface area contributed by atoms with E-state index in [1.807, 2.05) is 11.8 Å². The summed E-state index contributed by atoms with van der Waals surface area (Å²) in [5, 5.41) is 10.9. The van der Waals surface area contributed by atoms with Crippen molar-refractivity contribution in [1.82, 2.24) is 4.90 Å². The van der Waals surface area contributed by atoms with Gasteiger partial charge in [0.05, 0.1) is 29.9 Å². The van der Waals surface area contributed by atoms with Crippen molar-refractivity contribution < 1.29 is 14.5 Å². The van der Waals surface area contributed by atoms with E-state index in [2.05, 4.69) is 0 Å². The average molecular weight is 308 g/mol. The monoisotopic (exact) mass is 308 g/mol. The molecule has 1 saturated heterocycles. The van der Waals surface area contributed by atoms with Gasteiger partial charge in [0.2, 0.25) is 5.91 Å². The molecule has 0 saturated carbocycles. The fraction of sp³-hybridized carbons (Fsp3) is 0.500. The van der Waals surface area contributed by atoms with E-state index in [0.29, 0.717) is 32.0 Å². The van der Waals surface area contributed by atoms with Crippen molar-refractivity contribution in [3.05, 3.63) is 28.3 Å². The van der Waals surface area contributed by atoms with Crippen LogP contribution in [0.3, 0.4) is 0 Å². The van der Waals surface area contributed by atoms with Crippen LogP contribution in [0.15, 0.2) is 18.2 Å². The molecular formula is C14H20N4O4. The fourth-order valence-corrected chi connectivity index (χ4v) is 2.43. The van der Waals surface area contributed by atoms with Crippen LogP contribution in [0.2, 0.25) is 0 Å². The Hall–Kier alpha value is -2.19. The standard InChI is InChI=1S/C14H20N4O4/c1-10(17-5-7-22-8-6-17)14(19)16(2)11-3-4-12(15)13(9-11)18(20)21/h3-4,9-10H,5-8,15H2,1-2H3. The maximum atomic E-state index is 12.6. The molecule has 1 heterocycles. The van der Waals surface area contributed by atoms with Gasteiger partial charge in [0.25, 0.3) is 5.69 Å². The molecule has 22 heavy (non-hydrogen) atoms. The highest BCUT2D eigenvalue weighted by Gasteiger charge is 2.27. The smallest absolute Gasteiger partial charge is 0.294 e. The number of carbonyl (C=O) groups excluding carboxylic acids is 1. The number of anilines is 2. The summed E-state index contributed by atoms with van der Waals surface area (Å²) >= 11 is 0.